The van der Waals surface area contributed by atoms with Gasteiger partial charge >= 0.3 is 0 Å². The highest BCUT2D eigenvalue weighted by Crippen LogP contribution is 2.24. The molecule has 0 aliphatic carbocycles. The average molecular weight is 284 g/mol. The molecule has 0 saturated heterocycles. The van der Waals surface area contributed by atoms with Crippen LogP contribution >= 0.6 is 0 Å². The van der Waals surface area contributed by atoms with E-state index in [-0.39, 0.29) is 5.56 Å². The van der Waals surface area contributed by atoms with E-state index in [9.17, 15) is 9.50 Å². The lowest BCUT2D eigenvalue weighted by molar-refractivity contribution is 0.0515. The van der Waals surface area contributed by atoms with Gasteiger partial charge < -0.3 is 10.4 Å². The highest BCUT2D eigenvalue weighted by atomic mass is 19.1. The molecule has 0 spiro atoms. The number of benzene rings is 2. The van der Waals surface area contributed by atoms with Gasteiger partial charge in [0.2, 0.25) is 0 Å². The lowest BCUT2D eigenvalue weighted by Crippen LogP contribution is -2.24. The van der Waals surface area contributed by atoms with Crippen LogP contribution in [0.25, 0.3) is 0 Å². The summed E-state index contributed by atoms with van der Waals surface area (Å²) in [6.45, 7) is 2.22. The van der Waals surface area contributed by atoms with Crippen LogP contribution in [0.2, 0.25) is 0 Å². The molecule has 0 saturated carbocycles. The molecule has 0 radical (unpaired) electrons. The highest BCUT2D eigenvalue weighted by Gasteiger charge is 2.22. The molecule has 0 aromatic heterocycles. The van der Waals surface area contributed by atoms with Gasteiger partial charge in [0.05, 0.1) is 16.9 Å². The zero-order valence-electron chi connectivity index (χ0n) is 11.8. The van der Waals surface area contributed by atoms with E-state index in [4.69, 9.17) is 5.26 Å². The van der Waals surface area contributed by atoms with Crippen molar-refractivity contribution in [1.29, 1.82) is 5.26 Å². The molecule has 2 aromatic rings. The number of nitrogens with one attached hydrogen (secondary N) is 1. The maximum atomic E-state index is 13.0. The molecule has 1 atom stereocenters. The summed E-state index contributed by atoms with van der Waals surface area (Å²) in [4.78, 5) is 0. The first kappa shape index (κ1) is 15.0. The molecule has 0 fully saturated rings. The minimum absolute atomic E-state index is 0.259. The van der Waals surface area contributed by atoms with Crippen molar-refractivity contribution in [2.75, 3.05) is 11.9 Å². The Kier molecular flexibility index (Phi) is 4.56. The number of hydrogen-bond acceptors (Lipinski definition) is 3. The normalized spacial score (nSPS) is 13.2. The number of halogens is 1. The predicted molar refractivity (Wildman–Crippen MR) is 80.2 cm³/mol. The van der Waals surface area contributed by atoms with E-state index in [1.54, 1.807) is 6.92 Å². The Bertz CT molecular complexity index is 648. The summed E-state index contributed by atoms with van der Waals surface area (Å²) >= 11 is 0. The first-order valence-corrected chi connectivity index (χ1v) is 6.74. The first-order valence-electron chi connectivity index (χ1n) is 6.74. The van der Waals surface area contributed by atoms with Gasteiger partial charge in [-0.2, -0.15) is 5.26 Å². The zero-order valence-corrected chi connectivity index (χ0v) is 11.8. The van der Waals surface area contributed by atoms with Crippen LogP contribution in [-0.4, -0.2) is 11.7 Å². The Hall–Kier alpha value is -2.38. The summed E-state index contributed by atoms with van der Waals surface area (Å²) in [7, 11) is 0. The average Bonchev–Trinajstić information content (AvgIpc) is 2.49. The fourth-order valence-electron chi connectivity index (χ4n) is 2.15. The number of nitriles is 1. The van der Waals surface area contributed by atoms with Crippen molar-refractivity contribution in [2.24, 2.45) is 0 Å². The highest BCUT2D eigenvalue weighted by molar-refractivity contribution is 5.57. The zero-order chi connectivity index (χ0) is 15.3. The largest absolute Gasteiger partial charge is 0.385 e. The van der Waals surface area contributed by atoms with E-state index in [1.165, 1.54) is 18.2 Å². The summed E-state index contributed by atoms with van der Waals surface area (Å²) in [6, 6.07) is 15.4. The Morgan fingerprint density at radius 1 is 1.24 bits per heavy atom. The fraction of sp³-hybridized carbons (Fsp3) is 0.235. The van der Waals surface area contributed by atoms with Crippen LogP contribution in [0, 0.1) is 17.1 Å². The molecule has 108 valence electrons. The number of anilines is 1. The molecular weight excluding hydrogens is 267 g/mol. The molecule has 3 nitrogen and oxygen atoms in total. The molecule has 21 heavy (non-hydrogen) atoms. The van der Waals surface area contributed by atoms with E-state index in [1.807, 2.05) is 36.4 Å². The van der Waals surface area contributed by atoms with Crippen LogP contribution in [0.15, 0.2) is 48.5 Å². The quantitative estimate of drug-likeness (QED) is 0.884. The Labute approximate surface area is 123 Å². The van der Waals surface area contributed by atoms with Gasteiger partial charge in [-0.1, -0.05) is 30.3 Å². The van der Waals surface area contributed by atoms with Crippen LogP contribution in [-0.2, 0) is 5.60 Å². The molecular formula is C17H17FN2O. The Balaban J connectivity index is 2.00. The van der Waals surface area contributed by atoms with Crippen molar-refractivity contribution < 1.29 is 9.50 Å². The summed E-state index contributed by atoms with van der Waals surface area (Å²) in [5.74, 6) is -0.437. The molecule has 0 amide bonds. The topological polar surface area (TPSA) is 56.0 Å². The number of nitrogens with zero attached hydrogens (tertiary/aromatic N) is 1. The molecule has 1 unspecified atom stereocenters. The van der Waals surface area contributed by atoms with Crippen molar-refractivity contribution >= 4 is 5.69 Å². The number of hydrogen-bond donors (Lipinski definition) is 2. The van der Waals surface area contributed by atoms with Crippen LogP contribution in [0.5, 0.6) is 0 Å². The summed E-state index contributed by atoms with van der Waals surface area (Å²) < 4.78 is 13.0. The van der Waals surface area contributed by atoms with E-state index in [0.717, 1.165) is 5.56 Å². The molecule has 4 heteroatoms. The van der Waals surface area contributed by atoms with E-state index >= 15 is 0 Å². The minimum atomic E-state index is -0.957. The maximum Gasteiger partial charge on any atom is 0.124 e. The third kappa shape index (κ3) is 3.80. The first-order chi connectivity index (χ1) is 10.0. The molecule has 2 rings (SSSR count). The minimum Gasteiger partial charge on any atom is -0.385 e. The second kappa shape index (κ2) is 6.38. The van der Waals surface area contributed by atoms with Crippen LogP contribution < -0.4 is 5.32 Å². The second-order valence-electron chi connectivity index (χ2n) is 5.12. The van der Waals surface area contributed by atoms with Gasteiger partial charge in [-0.25, -0.2) is 4.39 Å². The molecule has 2 N–H and O–H groups in total. The van der Waals surface area contributed by atoms with Gasteiger partial charge in [-0.3, -0.25) is 0 Å². The standard InChI is InChI=1S/C17H17FN2O/c1-17(21,14-5-3-2-4-6-14)9-10-20-16-8-7-15(18)11-13(16)12-19/h2-8,11,20-21H,9-10H2,1H3. The summed E-state index contributed by atoms with van der Waals surface area (Å²) in [5, 5.41) is 22.5. The SMILES string of the molecule is CC(O)(CCNc1ccc(F)cc1C#N)c1ccccc1. The van der Waals surface area contributed by atoms with Crippen LogP contribution in [0.3, 0.4) is 0 Å². The molecule has 0 bridgehead atoms. The van der Waals surface area contributed by atoms with Crippen LogP contribution in [0.1, 0.15) is 24.5 Å². The van der Waals surface area contributed by atoms with Gasteiger partial charge in [-0.05, 0) is 37.1 Å². The van der Waals surface area contributed by atoms with Crippen molar-refractivity contribution in [1.82, 2.24) is 0 Å². The van der Waals surface area contributed by atoms with Gasteiger partial charge in [-0.15, -0.1) is 0 Å². The lowest BCUT2D eigenvalue weighted by atomic mass is 9.92. The van der Waals surface area contributed by atoms with Crippen molar-refractivity contribution in [3.63, 3.8) is 0 Å². The number of rotatable bonds is 5. The van der Waals surface area contributed by atoms with E-state index < -0.39 is 11.4 Å². The number of aliphatic hydroxyl groups is 1. The van der Waals surface area contributed by atoms with Gasteiger partial charge in [0, 0.05) is 6.54 Å². The summed E-state index contributed by atoms with van der Waals surface area (Å²) in [6.07, 6.45) is 0.471. The van der Waals surface area contributed by atoms with Gasteiger partial charge in [0.1, 0.15) is 11.9 Å². The van der Waals surface area contributed by atoms with Gasteiger partial charge in [0.25, 0.3) is 0 Å². The van der Waals surface area contributed by atoms with Crippen molar-refractivity contribution in [2.45, 2.75) is 18.9 Å². The Morgan fingerprint density at radius 2 is 1.95 bits per heavy atom. The van der Waals surface area contributed by atoms with Crippen LogP contribution in [0.4, 0.5) is 10.1 Å². The van der Waals surface area contributed by atoms with E-state index in [2.05, 4.69) is 5.32 Å². The molecule has 2 aromatic carbocycles. The predicted octanol–water partition coefficient (Wildman–Crippen LogP) is 3.41. The monoisotopic (exact) mass is 284 g/mol. The van der Waals surface area contributed by atoms with Gasteiger partial charge in [0.15, 0.2) is 0 Å². The van der Waals surface area contributed by atoms with E-state index in [0.29, 0.717) is 18.7 Å². The molecule has 0 heterocycles. The van der Waals surface area contributed by atoms with Crippen molar-refractivity contribution in [3.8, 4) is 6.07 Å². The third-order valence-corrected chi connectivity index (χ3v) is 3.43. The summed E-state index contributed by atoms with van der Waals surface area (Å²) in [5.41, 5.74) is 0.713. The molecule has 0 aliphatic heterocycles. The molecule has 0 aliphatic rings. The fourth-order valence-corrected chi connectivity index (χ4v) is 2.15. The van der Waals surface area contributed by atoms with Crippen molar-refractivity contribution in [3.05, 3.63) is 65.5 Å². The Morgan fingerprint density at radius 3 is 2.62 bits per heavy atom. The third-order valence-electron chi connectivity index (χ3n) is 3.43. The second-order valence-corrected chi connectivity index (χ2v) is 5.12. The maximum absolute atomic E-state index is 13.0. The lowest BCUT2D eigenvalue weighted by Gasteiger charge is -2.24. The smallest absolute Gasteiger partial charge is 0.124 e.